The van der Waals surface area contributed by atoms with E-state index >= 15 is 0 Å². The Bertz CT molecular complexity index is 422. The molecule has 0 aliphatic rings. The molecule has 0 fully saturated rings. The van der Waals surface area contributed by atoms with Crippen molar-refractivity contribution in [3.63, 3.8) is 0 Å². The SMILES string of the molecule is Nc1cnn(-c2cccc(F)c2)c1. The van der Waals surface area contributed by atoms with Crippen LogP contribution >= 0.6 is 0 Å². The fourth-order valence-corrected chi connectivity index (χ4v) is 1.10. The highest BCUT2D eigenvalue weighted by Crippen LogP contribution is 2.10. The minimum absolute atomic E-state index is 0.286. The summed E-state index contributed by atoms with van der Waals surface area (Å²) in [5.74, 6) is -0.286. The van der Waals surface area contributed by atoms with Gasteiger partial charge in [-0.15, -0.1) is 0 Å². The van der Waals surface area contributed by atoms with Crippen LogP contribution in [0, 0.1) is 5.82 Å². The molecule has 3 nitrogen and oxygen atoms in total. The Morgan fingerprint density at radius 3 is 2.85 bits per heavy atom. The van der Waals surface area contributed by atoms with Gasteiger partial charge in [0.2, 0.25) is 0 Å². The van der Waals surface area contributed by atoms with Crippen LogP contribution in [0.3, 0.4) is 0 Å². The van der Waals surface area contributed by atoms with E-state index in [4.69, 9.17) is 5.73 Å². The number of anilines is 1. The first-order chi connectivity index (χ1) is 6.25. The number of nitrogens with two attached hydrogens (primary N) is 1. The molecule has 2 N–H and O–H groups in total. The summed E-state index contributed by atoms with van der Waals surface area (Å²) in [7, 11) is 0. The van der Waals surface area contributed by atoms with Gasteiger partial charge in [0.25, 0.3) is 0 Å². The van der Waals surface area contributed by atoms with E-state index in [2.05, 4.69) is 5.10 Å². The van der Waals surface area contributed by atoms with Gasteiger partial charge in [0, 0.05) is 0 Å². The van der Waals surface area contributed by atoms with Crippen molar-refractivity contribution in [3.05, 3.63) is 42.5 Å². The third-order valence-electron chi connectivity index (χ3n) is 1.68. The van der Waals surface area contributed by atoms with Crippen LogP contribution in [0.1, 0.15) is 0 Å². The molecule has 66 valence electrons. The van der Waals surface area contributed by atoms with E-state index in [1.54, 1.807) is 18.3 Å². The Morgan fingerprint density at radius 2 is 2.23 bits per heavy atom. The molecular formula is C9H8FN3. The molecule has 4 heteroatoms. The average molecular weight is 177 g/mol. The van der Waals surface area contributed by atoms with Crippen molar-refractivity contribution < 1.29 is 4.39 Å². The summed E-state index contributed by atoms with van der Waals surface area (Å²) in [6.45, 7) is 0. The van der Waals surface area contributed by atoms with Crippen LogP contribution in [0.15, 0.2) is 36.7 Å². The van der Waals surface area contributed by atoms with Gasteiger partial charge in [0.15, 0.2) is 0 Å². The molecule has 1 aromatic carbocycles. The molecule has 0 radical (unpaired) electrons. The lowest BCUT2D eigenvalue weighted by atomic mass is 10.3. The second-order valence-electron chi connectivity index (χ2n) is 2.70. The van der Waals surface area contributed by atoms with E-state index in [1.807, 2.05) is 0 Å². The molecule has 1 heterocycles. The van der Waals surface area contributed by atoms with E-state index in [-0.39, 0.29) is 5.82 Å². The number of hydrogen-bond donors (Lipinski definition) is 1. The summed E-state index contributed by atoms with van der Waals surface area (Å²) in [6.07, 6.45) is 3.15. The fourth-order valence-electron chi connectivity index (χ4n) is 1.10. The van der Waals surface area contributed by atoms with Crippen LogP contribution in [-0.2, 0) is 0 Å². The molecule has 0 saturated heterocycles. The number of nitrogens with zero attached hydrogens (tertiary/aromatic N) is 2. The summed E-state index contributed by atoms with van der Waals surface area (Å²) in [4.78, 5) is 0. The summed E-state index contributed by atoms with van der Waals surface area (Å²) >= 11 is 0. The van der Waals surface area contributed by atoms with Crippen LogP contribution < -0.4 is 5.73 Å². The zero-order chi connectivity index (χ0) is 9.26. The van der Waals surface area contributed by atoms with Crippen LogP contribution in [0.2, 0.25) is 0 Å². The Labute approximate surface area is 74.6 Å². The van der Waals surface area contributed by atoms with Gasteiger partial charge in [-0.1, -0.05) is 6.07 Å². The third kappa shape index (κ3) is 1.51. The van der Waals surface area contributed by atoms with E-state index in [0.717, 1.165) is 0 Å². The molecule has 2 rings (SSSR count). The monoisotopic (exact) mass is 177 g/mol. The van der Waals surface area contributed by atoms with Gasteiger partial charge in [0.1, 0.15) is 5.82 Å². The highest BCUT2D eigenvalue weighted by Gasteiger charge is 1.98. The van der Waals surface area contributed by atoms with Gasteiger partial charge in [-0.3, -0.25) is 0 Å². The molecule has 0 spiro atoms. The van der Waals surface area contributed by atoms with E-state index < -0.39 is 0 Å². The summed E-state index contributed by atoms with van der Waals surface area (Å²) in [6, 6.07) is 6.17. The van der Waals surface area contributed by atoms with Crippen LogP contribution in [0.25, 0.3) is 5.69 Å². The molecule has 13 heavy (non-hydrogen) atoms. The summed E-state index contributed by atoms with van der Waals surface area (Å²) in [5.41, 5.74) is 6.70. The molecule has 0 bridgehead atoms. The second-order valence-corrected chi connectivity index (χ2v) is 2.70. The van der Waals surface area contributed by atoms with Gasteiger partial charge in [-0.05, 0) is 18.2 Å². The first-order valence-electron chi connectivity index (χ1n) is 3.82. The Morgan fingerprint density at radius 1 is 1.38 bits per heavy atom. The zero-order valence-corrected chi connectivity index (χ0v) is 6.81. The molecule has 0 amide bonds. The predicted molar refractivity (Wildman–Crippen MR) is 47.9 cm³/mol. The molecule has 0 saturated carbocycles. The van der Waals surface area contributed by atoms with Crippen LogP contribution in [0.4, 0.5) is 10.1 Å². The standard InChI is InChI=1S/C9H8FN3/c10-7-2-1-3-9(4-7)13-6-8(11)5-12-13/h1-6H,11H2. The van der Waals surface area contributed by atoms with Crippen LogP contribution in [-0.4, -0.2) is 9.78 Å². The lowest BCUT2D eigenvalue weighted by Gasteiger charge is -1.99. The van der Waals surface area contributed by atoms with E-state index in [9.17, 15) is 4.39 Å². The summed E-state index contributed by atoms with van der Waals surface area (Å²) in [5, 5.41) is 3.95. The molecular weight excluding hydrogens is 169 g/mol. The molecule has 0 unspecified atom stereocenters. The number of aromatic nitrogens is 2. The van der Waals surface area contributed by atoms with Crippen molar-refractivity contribution in [1.82, 2.24) is 9.78 Å². The second kappa shape index (κ2) is 2.90. The molecule has 0 atom stereocenters. The number of hydrogen-bond acceptors (Lipinski definition) is 2. The van der Waals surface area contributed by atoms with Gasteiger partial charge in [0.05, 0.1) is 23.8 Å². The lowest BCUT2D eigenvalue weighted by Crippen LogP contribution is -1.94. The molecule has 1 aromatic heterocycles. The quantitative estimate of drug-likeness (QED) is 0.718. The maximum absolute atomic E-state index is 12.8. The number of benzene rings is 1. The Kier molecular flexibility index (Phi) is 1.73. The highest BCUT2D eigenvalue weighted by molar-refractivity contribution is 5.38. The van der Waals surface area contributed by atoms with E-state index in [0.29, 0.717) is 11.4 Å². The van der Waals surface area contributed by atoms with Crippen molar-refractivity contribution >= 4 is 5.69 Å². The highest BCUT2D eigenvalue weighted by atomic mass is 19.1. The van der Waals surface area contributed by atoms with Gasteiger partial charge >= 0.3 is 0 Å². The smallest absolute Gasteiger partial charge is 0.125 e. The van der Waals surface area contributed by atoms with Crippen molar-refractivity contribution in [1.29, 1.82) is 0 Å². The molecule has 2 aromatic rings. The topological polar surface area (TPSA) is 43.8 Å². The van der Waals surface area contributed by atoms with Crippen molar-refractivity contribution in [3.8, 4) is 5.69 Å². The maximum atomic E-state index is 12.8. The number of rotatable bonds is 1. The third-order valence-corrected chi connectivity index (χ3v) is 1.68. The van der Waals surface area contributed by atoms with Crippen LogP contribution in [0.5, 0.6) is 0 Å². The first kappa shape index (κ1) is 7.79. The number of halogens is 1. The fraction of sp³-hybridized carbons (Fsp3) is 0. The van der Waals surface area contributed by atoms with Crippen molar-refractivity contribution in [2.75, 3.05) is 5.73 Å². The maximum Gasteiger partial charge on any atom is 0.125 e. The van der Waals surface area contributed by atoms with Gasteiger partial charge in [-0.2, -0.15) is 5.10 Å². The Hall–Kier alpha value is -1.84. The predicted octanol–water partition coefficient (Wildman–Crippen LogP) is 1.59. The Balaban J connectivity index is 2.46. The van der Waals surface area contributed by atoms with Gasteiger partial charge < -0.3 is 5.73 Å². The summed E-state index contributed by atoms with van der Waals surface area (Å²) < 4.78 is 14.3. The minimum Gasteiger partial charge on any atom is -0.396 e. The lowest BCUT2D eigenvalue weighted by molar-refractivity contribution is 0.625. The average Bonchev–Trinajstić information content (AvgIpc) is 2.52. The van der Waals surface area contributed by atoms with Gasteiger partial charge in [-0.25, -0.2) is 9.07 Å². The normalized spacial score (nSPS) is 10.2. The largest absolute Gasteiger partial charge is 0.396 e. The first-order valence-corrected chi connectivity index (χ1v) is 3.82. The van der Waals surface area contributed by atoms with E-state index in [1.165, 1.54) is 23.0 Å². The van der Waals surface area contributed by atoms with Crippen molar-refractivity contribution in [2.45, 2.75) is 0 Å². The molecule has 0 aliphatic heterocycles. The number of nitrogen functional groups attached to an aromatic ring is 1. The molecule has 0 aliphatic carbocycles. The minimum atomic E-state index is -0.286. The van der Waals surface area contributed by atoms with Crippen molar-refractivity contribution in [2.24, 2.45) is 0 Å². The zero-order valence-electron chi connectivity index (χ0n) is 6.81.